The predicted molar refractivity (Wildman–Crippen MR) is 98.8 cm³/mol. The lowest BCUT2D eigenvalue weighted by atomic mass is 10.2. The first-order valence-corrected chi connectivity index (χ1v) is 9.75. The third kappa shape index (κ3) is 4.87. The lowest BCUT2D eigenvalue weighted by molar-refractivity contribution is 0.0358. The van der Waals surface area contributed by atoms with Crippen molar-refractivity contribution in [3.05, 3.63) is 21.0 Å². The number of hydrogen-bond acceptors (Lipinski definition) is 6. The molecule has 6 nitrogen and oxygen atoms in total. The zero-order valence-electron chi connectivity index (χ0n) is 14.2. The second kappa shape index (κ2) is 9.53. The summed E-state index contributed by atoms with van der Waals surface area (Å²) in [5.41, 5.74) is 1.67. The van der Waals surface area contributed by atoms with Crippen LogP contribution in [0.2, 0.25) is 0 Å². The number of ether oxygens (including phenoxy) is 3. The molecule has 0 spiro atoms. The molecule has 0 saturated carbocycles. The first kappa shape index (κ1) is 19.4. The van der Waals surface area contributed by atoms with Gasteiger partial charge in [-0.2, -0.15) is 0 Å². The molecular formula is C16H24Cl3N3O3. The van der Waals surface area contributed by atoms with E-state index in [1.165, 1.54) is 0 Å². The van der Waals surface area contributed by atoms with E-state index in [2.05, 4.69) is 14.7 Å². The molecule has 3 saturated heterocycles. The molecule has 0 aromatic carbocycles. The zero-order valence-corrected chi connectivity index (χ0v) is 16.5. The van der Waals surface area contributed by atoms with Crippen molar-refractivity contribution in [1.82, 2.24) is 14.7 Å². The molecule has 142 valence electrons. The average molecular weight is 413 g/mol. The number of hydrogen-bond donors (Lipinski definition) is 0. The molecule has 0 aromatic rings. The Bertz CT molecular complexity index is 508. The largest absolute Gasteiger partial charge is 0.378 e. The molecule has 0 aromatic heterocycles. The third-order valence-corrected chi connectivity index (χ3v) is 5.32. The second-order valence-corrected chi connectivity index (χ2v) is 7.35. The molecule has 3 rings (SSSR count). The summed E-state index contributed by atoms with van der Waals surface area (Å²) in [6.45, 7) is 8.43. The van der Waals surface area contributed by atoms with Crippen molar-refractivity contribution in [2.75, 3.05) is 78.9 Å². The Labute approximate surface area is 163 Å². The summed E-state index contributed by atoms with van der Waals surface area (Å²) in [4.78, 5) is 6.51. The maximum atomic E-state index is 6.88. The minimum Gasteiger partial charge on any atom is -0.378 e. The van der Waals surface area contributed by atoms with Crippen LogP contribution in [0.1, 0.15) is 0 Å². The standard InChI is InChI=1S/C16H24Cl3N3O3/c17-15(18)13(20-1-7-23-8-2-20)14(21-3-9-24-10-4-21)16(19)22-5-11-25-12-6-22/h1-12H2. The second-order valence-electron chi connectivity index (χ2n) is 6.05. The summed E-state index contributed by atoms with van der Waals surface area (Å²) in [6.07, 6.45) is 0. The first-order chi connectivity index (χ1) is 12.2. The van der Waals surface area contributed by atoms with E-state index in [0.717, 1.165) is 50.7 Å². The van der Waals surface area contributed by atoms with E-state index in [1.54, 1.807) is 0 Å². The van der Waals surface area contributed by atoms with Crippen LogP contribution in [-0.4, -0.2) is 93.6 Å². The van der Waals surface area contributed by atoms with Gasteiger partial charge in [0.1, 0.15) is 9.65 Å². The van der Waals surface area contributed by atoms with E-state index >= 15 is 0 Å². The molecule has 0 bridgehead atoms. The molecule has 9 heteroatoms. The number of morpholine rings is 3. The van der Waals surface area contributed by atoms with Crippen LogP contribution in [0.4, 0.5) is 0 Å². The Balaban J connectivity index is 1.97. The molecule has 3 aliphatic heterocycles. The predicted octanol–water partition coefficient (Wildman–Crippen LogP) is 2.04. The van der Waals surface area contributed by atoms with Gasteiger partial charge in [-0.3, -0.25) is 0 Å². The fourth-order valence-electron chi connectivity index (χ4n) is 3.22. The molecule has 0 N–H and O–H groups in total. The Morgan fingerprint density at radius 1 is 0.520 bits per heavy atom. The monoisotopic (exact) mass is 411 g/mol. The molecular weight excluding hydrogens is 389 g/mol. The van der Waals surface area contributed by atoms with Crippen molar-refractivity contribution >= 4 is 34.8 Å². The van der Waals surface area contributed by atoms with Crippen LogP contribution in [0.15, 0.2) is 21.0 Å². The van der Waals surface area contributed by atoms with Gasteiger partial charge in [0.25, 0.3) is 0 Å². The van der Waals surface area contributed by atoms with Crippen molar-refractivity contribution < 1.29 is 14.2 Å². The van der Waals surface area contributed by atoms with Gasteiger partial charge >= 0.3 is 0 Å². The Kier molecular flexibility index (Phi) is 7.39. The third-order valence-electron chi connectivity index (χ3n) is 4.54. The molecule has 0 amide bonds. The van der Waals surface area contributed by atoms with E-state index in [1.807, 2.05) is 0 Å². The molecule has 0 aliphatic carbocycles. The van der Waals surface area contributed by atoms with Crippen LogP contribution in [0, 0.1) is 0 Å². The highest BCUT2D eigenvalue weighted by Gasteiger charge is 2.30. The van der Waals surface area contributed by atoms with Crippen LogP contribution in [0.5, 0.6) is 0 Å². The Hall–Kier alpha value is -0.370. The van der Waals surface area contributed by atoms with E-state index in [4.69, 9.17) is 49.0 Å². The van der Waals surface area contributed by atoms with E-state index in [0.29, 0.717) is 44.8 Å². The SMILES string of the molecule is ClC(Cl)=C(C(=C(Cl)N1CCOCC1)N1CCOCC1)N1CCOCC1. The van der Waals surface area contributed by atoms with Gasteiger partial charge in [-0.05, 0) is 0 Å². The lowest BCUT2D eigenvalue weighted by Crippen LogP contribution is -2.44. The van der Waals surface area contributed by atoms with Crippen LogP contribution >= 0.6 is 34.8 Å². The molecule has 0 atom stereocenters. The summed E-state index contributed by atoms with van der Waals surface area (Å²) in [5.74, 6) is 0. The highest BCUT2D eigenvalue weighted by molar-refractivity contribution is 6.56. The molecule has 3 aliphatic rings. The molecule has 3 fully saturated rings. The van der Waals surface area contributed by atoms with E-state index in [-0.39, 0.29) is 4.49 Å². The highest BCUT2D eigenvalue weighted by Crippen LogP contribution is 2.33. The van der Waals surface area contributed by atoms with Crippen molar-refractivity contribution in [3.63, 3.8) is 0 Å². The van der Waals surface area contributed by atoms with Gasteiger partial charge in [-0.15, -0.1) is 0 Å². The van der Waals surface area contributed by atoms with Gasteiger partial charge in [0, 0.05) is 39.3 Å². The van der Waals surface area contributed by atoms with Crippen molar-refractivity contribution in [2.24, 2.45) is 0 Å². The zero-order chi connectivity index (χ0) is 17.6. The highest BCUT2D eigenvalue weighted by atomic mass is 35.5. The van der Waals surface area contributed by atoms with Crippen molar-refractivity contribution in [3.8, 4) is 0 Å². The molecule has 25 heavy (non-hydrogen) atoms. The van der Waals surface area contributed by atoms with Crippen LogP contribution in [-0.2, 0) is 14.2 Å². The van der Waals surface area contributed by atoms with E-state index in [9.17, 15) is 0 Å². The van der Waals surface area contributed by atoms with Gasteiger partial charge < -0.3 is 28.9 Å². The summed E-state index contributed by atoms with van der Waals surface area (Å²) < 4.78 is 16.7. The first-order valence-electron chi connectivity index (χ1n) is 8.62. The fourth-order valence-corrected chi connectivity index (χ4v) is 4.02. The maximum Gasteiger partial charge on any atom is 0.132 e. The maximum absolute atomic E-state index is 6.88. The quantitative estimate of drug-likeness (QED) is 0.520. The van der Waals surface area contributed by atoms with Crippen LogP contribution in [0.25, 0.3) is 0 Å². The summed E-state index contributed by atoms with van der Waals surface area (Å²) in [5, 5.41) is 0.672. The summed E-state index contributed by atoms with van der Waals surface area (Å²) in [6, 6.07) is 0. The minimum atomic E-state index is 0.231. The smallest absolute Gasteiger partial charge is 0.132 e. The Morgan fingerprint density at radius 2 is 0.880 bits per heavy atom. The van der Waals surface area contributed by atoms with Crippen molar-refractivity contribution in [1.29, 1.82) is 0 Å². The van der Waals surface area contributed by atoms with Crippen LogP contribution in [0.3, 0.4) is 0 Å². The summed E-state index contributed by atoms with van der Waals surface area (Å²) >= 11 is 19.6. The average Bonchev–Trinajstić information content (AvgIpc) is 2.67. The minimum absolute atomic E-state index is 0.231. The lowest BCUT2D eigenvalue weighted by Gasteiger charge is -2.40. The molecule has 0 radical (unpaired) electrons. The normalized spacial score (nSPS) is 23.4. The van der Waals surface area contributed by atoms with Crippen molar-refractivity contribution in [2.45, 2.75) is 0 Å². The van der Waals surface area contributed by atoms with Gasteiger partial charge in [0.2, 0.25) is 0 Å². The summed E-state index contributed by atoms with van der Waals surface area (Å²) in [7, 11) is 0. The molecule has 0 unspecified atom stereocenters. The topological polar surface area (TPSA) is 37.4 Å². The van der Waals surface area contributed by atoms with E-state index < -0.39 is 0 Å². The van der Waals surface area contributed by atoms with Gasteiger partial charge in [0.15, 0.2) is 0 Å². The Morgan fingerprint density at radius 3 is 1.28 bits per heavy atom. The number of rotatable bonds is 4. The number of nitrogens with zero attached hydrogens (tertiary/aromatic N) is 3. The van der Waals surface area contributed by atoms with Crippen LogP contribution < -0.4 is 0 Å². The van der Waals surface area contributed by atoms with Gasteiger partial charge in [-0.1, -0.05) is 34.8 Å². The van der Waals surface area contributed by atoms with Gasteiger partial charge in [0.05, 0.1) is 51.0 Å². The fraction of sp³-hybridized carbons (Fsp3) is 0.750. The molecule has 3 heterocycles. The van der Waals surface area contributed by atoms with Gasteiger partial charge in [-0.25, -0.2) is 0 Å². The number of halogens is 3.